The number of hydrogen-bond donors (Lipinski definition) is 1. The lowest BCUT2D eigenvalue weighted by Crippen LogP contribution is -2.45. The molecule has 5 nitrogen and oxygen atoms in total. The first-order chi connectivity index (χ1) is 11.5. The van der Waals surface area contributed by atoms with Crippen LogP contribution in [0.25, 0.3) is 0 Å². The molecule has 1 atom stereocenters. The first kappa shape index (κ1) is 17.2. The fraction of sp³-hybridized carbons (Fsp3) is 0.444. The summed E-state index contributed by atoms with van der Waals surface area (Å²) in [7, 11) is -3.38. The summed E-state index contributed by atoms with van der Waals surface area (Å²) < 4.78 is 32.1. The molecule has 1 aliphatic heterocycles. The van der Waals surface area contributed by atoms with Gasteiger partial charge in [0.05, 0.1) is 17.4 Å². The molecule has 2 aromatic rings. The van der Waals surface area contributed by atoms with Crippen molar-refractivity contribution >= 4 is 10.0 Å². The van der Waals surface area contributed by atoms with Gasteiger partial charge in [-0.3, -0.25) is 0 Å². The van der Waals surface area contributed by atoms with Gasteiger partial charge in [-0.25, -0.2) is 8.42 Å². The van der Waals surface area contributed by atoms with Crippen molar-refractivity contribution in [3.8, 4) is 0 Å². The van der Waals surface area contributed by atoms with Crippen LogP contribution in [-0.4, -0.2) is 31.9 Å². The number of nitrogens with zero attached hydrogens (tertiary/aromatic N) is 1. The zero-order valence-electron chi connectivity index (χ0n) is 14.1. The highest BCUT2D eigenvalue weighted by atomic mass is 32.2. The van der Waals surface area contributed by atoms with E-state index >= 15 is 0 Å². The smallest absolute Gasteiger partial charge is 0.243 e. The van der Waals surface area contributed by atoms with E-state index in [-0.39, 0.29) is 6.04 Å². The summed E-state index contributed by atoms with van der Waals surface area (Å²) in [5, 5.41) is 3.56. The molecule has 1 N–H and O–H groups in total. The molecule has 1 aromatic heterocycles. The first-order valence-corrected chi connectivity index (χ1v) is 9.76. The normalized spacial score (nSPS) is 18.6. The van der Waals surface area contributed by atoms with E-state index in [2.05, 4.69) is 12.2 Å². The van der Waals surface area contributed by atoms with Crippen LogP contribution in [0.5, 0.6) is 0 Å². The molecular weight excluding hydrogens is 324 g/mol. The van der Waals surface area contributed by atoms with E-state index in [0.29, 0.717) is 24.0 Å². The monoisotopic (exact) mass is 348 g/mol. The van der Waals surface area contributed by atoms with Crippen molar-refractivity contribution < 1.29 is 12.8 Å². The van der Waals surface area contributed by atoms with Gasteiger partial charge in [-0.2, -0.15) is 4.31 Å². The Morgan fingerprint density at radius 2 is 1.83 bits per heavy atom. The van der Waals surface area contributed by atoms with Crippen LogP contribution in [0.1, 0.15) is 36.9 Å². The molecule has 1 fully saturated rings. The minimum absolute atomic E-state index is 0.203. The van der Waals surface area contributed by atoms with Crippen LogP contribution < -0.4 is 5.32 Å². The highest BCUT2D eigenvalue weighted by molar-refractivity contribution is 7.89. The highest BCUT2D eigenvalue weighted by Crippen LogP contribution is 2.23. The van der Waals surface area contributed by atoms with Crippen molar-refractivity contribution in [1.29, 1.82) is 0 Å². The minimum Gasteiger partial charge on any atom is -0.472 e. The summed E-state index contributed by atoms with van der Waals surface area (Å²) in [6, 6.07) is 9.54. The zero-order chi connectivity index (χ0) is 17.2. The average molecular weight is 348 g/mol. The van der Waals surface area contributed by atoms with Crippen LogP contribution in [0.15, 0.2) is 52.2 Å². The summed E-state index contributed by atoms with van der Waals surface area (Å²) in [6.07, 6.45) is 5.04. The summed E-state index contributed by atoms with van der Waals surface area (Å²) in [5.41, 5.74) is 2.18. The molecule has 6 heteroatoms. The van der Waals surface area contributed by atoms with Crippen LogP contribution in [0.2, 0.25) is 0 Å². The van der Waals surface area contributed by atoms with E-state index < -0.39 is 10.0 Å². The summed E-state index contributed by atoms with van der Waals surface area (Å²) in [5.74, 6) is 0. The van der Waals surface area contributed by atoms with Gasteiger partial charge in [0.25, 0.3) is 0 Å². The maximum atomic E-state index is 12.7. The van der Waals surface area contributed by atoms with Crippen LogP contribution in [-0.2, 0) is 10.0 Å². The van der Waals surface area contributed by atoms with Gasteiger partial charge in [-0.15, -0.1) is 0 Å². The second-order valence-electron chi connectivity index (χ2n) is 6.44. The van der Waals surface area contributed by atoms with Gasteiger partial charge in [-0.05, 0) is 44.9 Å². The Morgan fingerprint density at radius 3 is 2.42 bits per heavy atom. The van der Waals surface area contributed by atoms with Crippen LogP contribution in [0, 0.1) is 6.92 Å². The Morgan fingerprint density at radius 1 is 1.17 bits per heavy atom. The second kappa shape index (κ2) is 7.09. The molecule has 0 aliphatic carbocycles. The largest absolute Gasteiger partial charge is 0.472 e. The van der Waals surface area contributed by atoms with Crippen LogP contribution in [0.3, 0.4) is 0 Å². The Labute approximate surface area is 143 Å². The molecule has 2 heterocycles. The summed E-state index contributed by atoms with van der Waals surface area (Å²) in [4.78, 5) is 0.381. The number of rotatable bonds is 5. The number of hydrogen-bond acceptors (Lipinski definition) is 4. The van der Waals surface area contributed by atoms with Gasteiger partial charge in [0, 0.05) is 30.7 Å². The predicted octanol–water partition coefficient (Wildman–Crippen LogP) is 3.09. The predicted molar refractivity (Wildman–Crippen MR) is 93.2 cm³/mol. The molecule has 1 aromatic carbocycles. The molecule has 0 spiro atoms. The minimum atomic E-state index is -3.38. The third-order valence-electron chi connectivity index (χ3n) is 4.64. The standard InChI is InChI=1S/C18H24N2O3S/c1-14-3-5-18(6-4-14)24(21,22)20-10-7-17(8-11-20)19-15(2)16-9-12-23-13-16/h3-6,9,12-13,15,17,19H,7-8,10-11H2,1-2H3. The van der Waals surface area contributed by atoms with Gasteiger partial charge in [0.1, 0.15) is 0 Å². The van der Waals surface area contributed by atoms with Crippen molar-refractivity contribution in [2.45, 2.75) is 43.7 Å². The fourth-order valence-corrected chi connectivity index (χ4v) is 4.56. The molecule has 3 rings (SSSR count). The molecule has 1 saturated heterocycles. The maximum absolute atomic E-state index is 12.7. The lowest BCUT2D eigenvalue weighted by Gasteiger charge is -2.33. The number of aryl methyl sites for hydroxylation is 1. The van der Waals surface area contributed by atoms with Crippen LogP contribution >= 0.6 is 0 Å². The van der Waals surface area contributed by atoms with Gasteiger partial charge in [-0.1, -0.05) is 17.7 Å². The number of nitrogens with one attached hydrogen (secondary N) is 1. The molecule has 0 amide bonds. The van der Waals surface area contributed by atoms with E-state index in [9.17, 15) is 8.42 Å². The van der Waals surface area contributed by atoms with Crippen molar-refractivity contribution in [1.82, 2.24) is 9.62 Å². The lowest BCUT2D eigenvalue weighted by molar-refractivity contribution is 0.277. The van der Waals surface area contributed by atoms with E-state index in [4.69, 9.17) is 4.42 Å². The molecule has 130 valence electrons. The average Bonchev–Trinajstić information content (AvgIpc) is 3.10. The van der Waals surface area contributed by atoms with Crippen molar-refractivity contribution in [3.63, 3.8) is 0 Å². The summed E-state index contributed by atoms with van der Waals surface area (Å²) in [6.45, 7) is 5.15. The summed E-state index contributed by atoms with van der Waals surface area (Å²) >= 11 is 0. The Bertz CT molecular complexity index is 746. The molecule has 0 radical (unpaired) electrons. The Balaban J connectivity index is 1.59. The van der Waals surface area contributed by atoms with Gasteiger partial charge < -0.3 is 9.73 Å². The first-order valence-electron chi connectivity index (χ1n) is 8.32. The molecular formula is C18H24N2O3S. The Kier molecular flexibility index (Phi) is 5.08. The third-order valence-corrected chi connectivity index (χ3v) is 6.55. The van der Waals surface area contributed by atoms with Gasteiger partial charge >= 0.3 is 0 Å². The second-order valence-corrected chi connectivity index (χ2v) is 8.37. The van der Waals surface area contributed by atoms with Crippen molar-refractivity contribution in [3.05, 3.63) is 54.0 Å². The molecule has 24 heavy (non-hydrogen) atoms. The highest BCUT2D eigenvalue weighted by Gasteiger charge is 2.29. The zero-order valence-corrected chi connectivity index (χ0v) is 14.9. The lowest BCUT2D eigenvalue weighted by atomic mass is 10.0. The van der Waals surface area contributed by atoms with E-state index in [1.165, 1.54) is 0 Å². The van der Waals surface area contributed by atoms with Gasteiger partial charge in [0.15, 0.2) is 0 Å². The number of benzene rings is 1. The van der Waals surface area contributed by atoms with Gasteiger partial charge in [0.2, 0.25) is 10.0 Å². The molecule has 0 bridgehead atoms. The van der Waals surface area contributed by atoms with E-state index in [1.807, 2.05) is 25.1 Å². The topological polar surface area (TPSA) is 62.6 Å². The Hall–Kier alpha value is -1.63. The van der Waals surface area contributed by atoms with Crippen LogP contribution in [0.4, 0.5) is 0 Å². The molecule has 1 aliphatic rings. The van der Waals surface area contributed by atoms with E-state index in [1.54, 1.807) is 29.0 Å². The third kappa shape index (κ3) is 3.71. The fourth-order valence-electron chi connectivity index (χ4n) is 3.09. The quantitative estimate of drug-likeness (QED) is 0.902. The number of furan rings is 1. The number of sulfonamides is 1. The molecule has 1 unspecified atom stereocenters. The maximum Gasteiger partial charge on any atom is 0.243 e. The van der Waals surface area contributed by atoms with E-state index in [0.717, 1.165) is 24.0 Å². The molecule has 0 saturated carbocycles. The number of piperidine rings is 1. The SMILES string of the molecule is Cc1ccc(S(=O)(=O)N2CCC(NC(C)c3ccoc3)CC2)cc1. The van der Waals surface area contributed by atoms with Crippen molar-refractivity contribution in [2.75, 3.05) is 13.1 Å². The van der Waals surface area contributed by atoms with Crippen molar-refractivity contribution in [2.24, 2.45) is 0 Å².